The van der Waals surface area contributed by atoms with Crippen molar-refractivity contribution in [2.24, 2.45) is 0 Å². The highest BCUT2D eigenvalue weighted by molar-refractivity contribution is 6.08. The summed E-state index contributed by atoms with van der Waals surface area (Å²) in [6, 6.07) is -0.488. The third kappa shape index (κ3) is 4.99. The summed E-state index contributed by atoms with van der Waals surface area (Å²) in [6.45, 7) is 4.62. The standard InChI is InChI=1S/C19H31N3O5/c1-4-19(5-2)17(25)22(18(26)21-19)12-15(23)27-13(3)16(24)20-14-10-8-6-7-9-11-14/h13-14H,4-12H2,1-3H3,(H,20,24)(H,21,26)/t13-/m1/s1. The number of rotatable bonds is 7. The zero-order valence-electron chi connectivity index (χ0n) is 16.5. The Morgan fingerprint density at radius 3 is 2.30 bits per heavy atom. The van der Waals surface area contributed by atoms with E-state index in [1.54, 1.807) is 0 Å². The Balaban J connectivity index is 1.86. The molecule has 0 radical (unpaired) electrons. The first kappa shape index (κ1) is 21.2. The van der Waals surface area contributed by atoms with Gasteiger partial charge in [0.2, 0.25) is 0 Å². The van der Waals surface area contributed by atoms with Crippen LogP contribution >= 0.6 is 0 Å². The second kappa shape index (κ2) is 9.19. The summed E-state index contributed by atoms with van der Waals surface area (Å²) in [5.41, 5.74) is -0.958. The summed E-state index contributed by atoms with van der Waals surface area (Å²) >= 11 is 0. The topological polar surface area (TPSA) is 105 Å². The molecule has 1 saturated heterocycles. The molecule has 0 unspecified atom stereocenters. The number of urea groups is 1. The van der Waals surface area contributed by atoms with E-state index in [2.05, 4.69) is 10.6 Å². The van der Waals surface area contributed by atoms with Crippen molar-refractivity contribution >= 4 is 23.8 Å². The number of imide groups is 1. The molecular formula is C19H31N3O5. The average molecular weight is 381 g/mol. The van der Waals surface area contributed by atoms with Crippen molar-refractivity contribution in [1.29, 1.82) is 0 Å². The maximum Gasteiger partial charge on any atom is 0.327 e. The number of nitrogens with zero attached hydrogens (tertiary/aromatic N) is 1. The molecule has 1 atom stereocenters. The number of nitrogens with one attached hydrogen (secondary N) is 2. The number of amides is 4. The van der Waals surface area contributed by atoms with Crippen LogP contribution in [-0.2, 0) is 19.1 Å². The second-order valence-electron chi connectivity index (χ2n) is 7.44. The molecule has 4 amide bonds. The summed E-state index contributed by atoms with van der Waals surface area (Å²) in [5, 5.41) is 5.59. The molecule has 2 aliphatic rings. The first-order valence-corrected chi connectivity index (χ1v) is 9.97. The Labute approximate surface area is 160 Å². The lowest BCUT2D eigenvalue weighted by molar-refractivity contribution is -0.157. The van der Waals surface area contributed by atoms with Crippen LogP contribution < -0.4 is 10.6 Å². The Bertz CT molecular complexity index is 580. The van der Waals surface area contributed by atoms with Crippen LogP contribution in [0.2, 0.25) is 0 Å². The van der Waals surface area contributed by atoms with E-state index in [0.717, 1.165) is 30.6 Å². The van der Waals surface area contributed by atoms with Crippen molar-refractivity contribution in [3.8, 4) is 0 Å². The van der Waals surface area contributed by atoms with Crippen molar-refractivity contribution in [2.75, 3.05) is 6.54 Å². The molecule has 0 aromatic rings. The van der Waals surface area contributed by atoms with Gasteiger partial charge in [0, 0.05) is 6.04 Å². The first-order valence-electron chi connectivity index (χ1n) is 9.97. The maximum atomic E-state index is 12.5. The van der Waals surface area contributed by atoms with Gasteiger partial charge in [0.05, 0.1) is 0 Å². The number of carbonyl (C=O) groups is 4. The molecule has 27 heavy (non-hydrogen) atoms. The fourth-order valence-electron chi connectivity index (χ4n) is 3.71. The summed E-state index contributed by atoms with van der Waals surface area (Å²) < 4.78 is 5.15. The molecule has 2 N–H and O–H groups in total. The van der Waals surface area contributed by atoms with E-state index < -0.39 is 36.1 Å². The highest BCUT2D eigenvalue weighted by atomic mass is 16.5. The normalized spacial score (nSPS) is 21.4. The predicted octanol–water partition coefficient (Wildman–Crippen LogP) is 1.87. The molecule has 152 valence electrons. The van der Waals surface area contributed by atoms with Gasteiger partial charge in [-0.15, -0.1) is 0 Å². The van der Waals surface area contributed by atoms with Gasteiger partial charge >= 0.3 is 12.0 Å². The van der Waals surface area contributed by atoms with Gasteiger partial charge in [-0.05, 0) is 32.6 Å². The largest absolute Gasteiger partial charge is 0.451 e. The maximum absolute atomic E-state index is 12.5. The molecule has 1 saturated carbocycles. The third-order valence-electron chi connectivity index (χ3n) is 5.62. The van der Waals surface area contributed by atoms with Crippen molar-refractivity contribution in [3.05, 3.63) is 0 Å². The van der Waals surface area contributed by atoms with E-state index in [1.165, 1.54) is 19.8 Å². The lowest BCUT2D eigenvalue weighted by atomic mass is 9.93. The summed E-state index contributed by atoms with van der Waals surface area (Å²) in [5.74, 6) is -1.54. The van der Waals surface area contributed by atoms with E-state index in [9.17, 15) is 19.2 Å². The van der Waals surface area contributed by atoms with E-state index in [4.69, 9.17) is 4.74 Å². The molecule has 1 aliphatic carbocycles. The van der Waals surface area contributed by atoms with Crippen molar-refractivity contribution in [1.82, 2.24) is 15.5 Å². The Kier molecular flexibility index (Phi) is 7.21. The molecule has 8 nitrogen and oxygen atoms in total. The Morgan fingerprint density at radius 1 is 1.19 bits per heavy atom. The lowest BCUT2D eigenvalue weighted by Gasteiger charge is -2.23. The Morgan fingerprint density at radius 2 is 1.78 bits per heavy atom. The number of hydrogen-bond acceptors (Lipinski definition) is 5. The molecule has 0 aromatic heterocycles. The lowest BCUT2D eigenvalue weighted by Crippen LogP contribution is -2.46. The van der Waals surface area contributed by atoms with E-state index >= 15 is 0 Å². The van der Waals surface area contributed by atoms with Crippen LogP contribution in [0, 0.1) is 0 Å². The molecule has 0 spiro atoms. The van der Waals surface area contributed by atoms with Gasteiger partial charge in [-0.3, -0.25) is 19.3 Å². The van der Waals surface area contributed by atoms with Crippen LogP contribution in [0.4, 0.5) is 4.79 Å². The quantitative estimate of drug-likeness (QED) is 0.398. The molecular weight excluding hydrogens is 350 g/mol. The van der Waals surface area contributed by atoms with Crippen LogP contribution in [0.5, 0.6) is 0 Å². The fourth-order valence-corrected chi connectivity index (χ4v) is 3.71. The van der Waals surface area contributed by atoms with E-state index in [0.29, 0.717) is 12.8 Å². The molecule has 0 bridgehead atoms. The molecule has 2 fully saturated rings. The van der Waals surface area contributed by atoms with Crippen molar-refractivity contribution in [2.45, 2.75) is 89.8 Å². The molecule has 0 aromatic carbocycles. The van der Waals surface area contributed by atoms with Gasteiger partial charge in [0.1, 0.15) is 12.1 Å². The SMILES string of the molecule is CCC1(CC)NC(=O)N(CC(=O)O[C@H](C)C(=O)NC2CCCCCC2)C1=O. The van der Waals surface area contributed by atoms with Gasteiger partial charge in [0.25, 0.3) is 11.8 Å². The summed E-state index contributed by atoms with van der Waals surface area (Å²) in [4.78, 5) is 49.9. The zero-order valence-corrected chi connectivity index (χ0v) is 16.5. The van der Waals surface area contributed by atoms with Gasteiger partial charge < -0.3 is 15.4 Å². The predicted molar refractivity (Wildman–Crippen MR) is 98.7 cm³/mol. The van der Waals surface area contributed by atoms with Gasteiger partial charge in [-0.2, -0.15) is 0 Å². The smallest absolute Gasteiger partial charge is 0.327 e. The highest BCUT2D eigenvalue weighted by Crippen LogP contribution is 2.24. The van der Waals surface area contributed by atoms with E-state index in [1.807, 2.05) is 13.8 Å². The molecule has 2 rings (SSSR count). The van der Waals surface area contributed by atoms with Crippen LogP contribution in [0.25, 0.3) is 0 Å². The van der Waals surface area contributed by atoms with Crippen LogP contribution in [-0.4, -0.2) is 52.9 Å². The van der Waals surface area contributed by atoms with E-state index in [-0.39, 0.29) is 11.9 Å². The Hall–Kier alpha value is -2.12. The average Bonchev–Trinajstić information content (AvgIpc) is 2.81. The number of ether oxygens (including phenoxy) is 1. The van der Waals surface area contributed by atoms with Crippen LogP contribution in [0.15, 0.2) is 0 Å². The molecule has 1 aliphatic heterocycles. The zero-order chi connectivity index (χ0) is 20.0. The van der Waals surface area contributed by atoms with Gasteiger partial charge in [0.15, 0.2) is 6.10 Å². The fraction of sp³-hybridized carbons (Fsp3) is 0.789. The van der Waals surface area contributed by atoms with Gasteiger partial charge in [-0.25, -0.2) is 4.79 Å². The minimum atomic E-state index is -0.969. The monoisotopic (exact) mass is 381 g/mol. The molecule has 1 heterocycles. The van der Waals surface area contributed by atoms with Crippen LogP contribution in [0.3, 0.4) is 0 Å². The summed E-state index contributed by atoms with van der Waals surface area (Å²) in [7, 11) is 0. The van der Waals surface area contributed by atoms with Crippen LogP contribution in [0.1, 0.15) is 72.1 Å². The minimum Gasteiger partial charge on any atom is -0.451 e. The van der Waals surface area contributed by atoms with Crippen molar-refractivity contribution < 1.29 is 23.9 Å². The minimum absolute atomic E-state index is 0.113. The number of hydrogen-bond donors (Lipinski definition) is 2. The van der Waals surface area contributed by atoms with Gasteiger partial charge in [-0.1, -0.05) is 39.5 Å². The van der Waals surface area contributed by atoms with Crippen molar-refractivity contribution in [3.63, 3.8) is 0 Å². The summed E-state index contributed by atoms with van der Waals surface area (Å²) in [6.07, 6.45) is 6.32. The highest BCUT2D eigenvalue weighted by Gasteiger charge is 2.49. The first-order chi connectivity index (χ1) is 12.8. The third-order valence-corrected chi connectivity index (χ3v) is 5.62. The second-order valence-corrected chi connectivity index (χ2v) is 7.44. The number of esters is 1. The number of carbonyl (C=O) groups excluding carboxylic acids is 4. The molecule has 8 heteroatoms.